The topological polar surface area (TPSA) is 78.1 Å². The fraction of sp³-hybridized carbons (Fsp3) is 0.333. The predicted octanol–water partition coefficient (Wildman–Crippen LogP) is 2.27. The first-order valence-corrected chi connectivity index (χ1v) is 9.85. The number of carbonyl (C=O) groups excluding carboxylic acids is 2. The lowest BCUT2D eigenvalue weighted by Crippen LogP contribution is -2.87. The summed E-state index contributed by atoms with van der Waals surface area (Å²) < 4.78 is 0. The summed E-state index contributed by atoms with van der Waals surface area (Å²) in [6.07, 6.45) is 0. The zero-order valence-corrected chi connectivity index (χ0v) is 17.3. The van der Waals surface area contributed by atoms with Crippen LogP contribution in [-0.4, -0.2) is 31.4 Å². The van der Waals surface area contributed by atoms with Crippen LogP contribution < -0.4 is 21.1 Å². The lowest BCUT2D eigenvalue weighted by Gasteiger charge is -2.21. The van der Waals surface area contributed by atoms with E-state index >= 15 is 0 Å². The van der Waals surface area contributed by atoms with Crippen LogP contribution in [0.3, 0.4) is 0 Å². The fourth-order valence-electron chi connectivity index (χ4n) is 2.85. The van der Waals surface area contributed by atoms with Gasteiger partial charge in [0.2, 0.25) is 0 Å². The Morgan fingerprint density at radius 2 is 1.61 bits per heavy atom. The molecule has 0 aliphatic carbocycles. The van der Waals surface area contributed by atoms with Crippen molar-refractivity contribution in [2.24, 2.45) is 0 Å². The Kier molecular flexibility index (Phi) is 8.29. The van der Waals surface area contributed by atoms with E-state index in [-0.39, 0.29) is 24.4 Å². The minimum absolute atomic E-state index is 0.103. The molecular weight excluding hydrogens is 376 g/mol. The van der Waals surface area contributed by atoms with Gasteiger partial charge in [0, 0.05) is 34.9 Å². The number of hydrogen-bond acceptors (Lipinski definition) is 3. The number of benzene rings is 2. The number of halogens is 1. The lowest BCUT2D eigenvalue weighted by atomic mass is 10.1. The number of nitrogens with zero attached hydrogens (tertiary/aromatic N) is 1. The van der Waals surface area contributed by atoms with Crippen molar-refractivity contribution < 1.29 is 14.9 Å². The second-order valence-electron chi connectivity index (χ2n) is 6.50. The predicted molar refractivity (Wildman–Crippen MR) is 112 cm³/mol. The normalized spacial score (nSPS) is 11.6. The second-order valence-corrected chi connectivity index (χ2v) is 6.94. The van der Waals surface area contributed by atoms with Gasteiger partial charge in [0.15, 0.2) is 6.54 Å². The van der Waals surface area contributed by atoms with Crippen molar-refractivity contribution in [2.45, 2.75) is 26.8 Å². The highest BCUT2D eigenvalue weighted by molar-refractivity contribution is 6.30. The van der Waals surface area contributed by atoms with Gasteiger partial charge >= 0.3 is 0 Å². The summed E-state index contributed by atoms with van der Waals surface area (Å²) in [5.41, 5.74) is 7.55. The van der Waals surface area contributed by atoms with Crippen LogP contribution in [0, 0.1) is 0 Å². The van der Waals surface area contributed by atoms with Gasteiger partial charge in [0.25, 0.3) is 11.8 Å². The minimum atomic E-state index is -0.342. The molecule has 0 spiro atoms. The Balaban J connectivity index is 1.78. The molecule has 0 aromatic heterocycles. The van der Waals surface area contributed by atoms with Crippen molar-refractivity contribution in [3.05, 3.63) is 64.7 Å². The molecule has 4 N–H and O–H groups in total. The number of carbonyl (C=O) groups is 2. The van der Waals surface area contributed by atoms with Gasteiger partial charge in [-0.25, -0.2) is 0 Å². The van der Waals surface area contributed by atoms with Crippen LogP contribution in [0.25, 0.3) is 0 Å². The monoisotopic (exact) mass is 403 g/mol. The van der Waals surface area contributed by atoms with E-state index in [1.54, 1.807) is 12.1 Å². The molecule has 6 nitrogen and oxygen atoms in total. The molecule has 7 heteroatoms. The molecule has 150 valence electrons. The van der Waals surface area contributed by atoms with Gasteiger partial charge in [-0.3, -0.25) is 20.4 Å². The molecule has 2 aromatic rings. The molecule has 0 heterocycles. The highest BCUT2D eigenvalue weighted by Gasteiger charge is 2.13. The molecule has 2 aromatic carbocycles. The maximum atomic E-state index is 12.2. The average molecular weight is 404 g/mol. The van der Waals surface area contributed by atoms with Gasteiger partial charge < -0.3 is 10.2 Å². The van der Waals surface area contributed by atoms with Crippen molar-refractivity contribution in [3.63, 3.8) is 0 Å². The van der Waals surface area contributed by atoms with Crippen LogP contribution in [0.2, 0.25) is 5.02 Å². The maximum Gasteiger partial charge on any atom is 0.293 e. The van der Waals surface area contributed by atoms with Crippen molar-refractivity contribution in [3.8, 4) is 0 Å². The summed E-state index contributed by atoms with van der Waals surface area (Å²) in [4.78, 5) is 26.4. The zero-order chi connectivity index (χ0) is 20.5. The SMILES string of the molecule is CCN(CC)c1ccc(C(=O)NNC(=O)C[NH2+][C@@H](C)c2ccc(Cl)cc2)cc1. The number of amides is 2. The number of rotatable bonds is 8. The summed E-state index contributed by atoms with van der Waals surface area (Å²) >= 11 is 5.89. The van der Waals surface area contributed by atoms with Crippen molar-refractivity contribution in [2.75, 3.05) is 24.5 Å². The minimum Gasteiger partial charge on any atom is -0.372 e. The third-order valence-electron chi connectivity index (χ3n) is 4.63. The highest BCUT2D eigenvalue weighted by atomic mass is 35.5. The molecule has 0 saturated carbocycles. The van der Waals surface area contributed by atoms with E-state index in [2.05, 4.69) is 29.6 Å². The summed E-state index contributed by atoms with van der Waals surface area (Å²) in [5.74, 6) is -0.612. The number of quaternary nitrogens is 1. The van der Waals surface area contributed by atoms with Crippen molar-refractivity contribution >= 4 is 29.1 Å². The second kappa shape index (κ2) is 10.7. The molecular formula is C21H28ClN4O2+. The number of nitrogens with one attached hydrogen (secondary N) is 2. The fourth-order valence-corrected chi connectivity index (χ4v) is 2.97. The van der Waals surface area contributed by atoms with E-state index < -0.39 is 0 Å². The first kappa shape index (κ1) is 21.7. The number of nitrogens with two attached hydrogens (primary N) is 1. The molecule has 0 unspecified atom stereocenters. The first-order valence-electron chi connectivity index (χ1n) is 9.47. The third-order valence-corrected chi connectivity index (χ3v) is 4.88. The first-order chi connectivity index (χ1) is 13.4. The van der Waals surface area contributed by atoms with Crippen LogP contribution >= 0.6 is 11.6 Å². The summed E-state index contributed by atoms with van der Waals surface area (Å²) in [6, 6.07) is 15.0. The largest absolute Gasteiger partial charge is 0.372 e. The van der Waals surface area contributed by atoms with Gasteiger partial charge in [-0.15, -0.1) is 0 Å². The molecule has 0 aliphatic heterocycles. The van der Waals surface area contributed by atoms with Crippen molar-refractivity contribution in [1.82, 2.24) is 10.9 Å². The maximum absolute atomic E-state index is 12.2. The molecule has 0 saturated heterocycles. The molecule has 28 heavy (non-hydrogen) atoms. The van der Waals surface area contributed by atoms with E-state index in [0.29, 0.717) is 10.6 Å². The molecule has 0 aliphatic rings. The smallest absolute Gasteiger partial charge is 0.293 e. The van der Waals surface area contributed by atoms with E-state index in [4.69, 9.17) is 11.6 Å². The Morgan fingerprint density at radius 1 is 1.00 bits per heavy atom. The summed E-state index contributed by atoms with van der Waals surface area (Å²) in [5, 5.41) is 2.57. The van der Waals surface area contributed by atoms with Crippen molar-refractivity contribution in [1.29, 1.82) is 0 Å². The Bertz CT molecular complexity index is 774. The standard InChI is InChI=1S/C21H27ClN4O2/c1-4-26(5-2)19-12-8-17(9-13-19)21(28)25-24-20(27)14-23-15(3)16-6-10-18(22)11-7-16/h6-13,15,23H,4-5,14H2,1-3H3,(H,24,27)(H,25,28)/p+1/t15-/m0/s1. The van der Waals surface area contributed by atoms with E-state index in [1.165, 1.54) is 0 Å². The van der Waals surface area contributed by atoms with Gasteiger partial charge in [-0.1, -0.05) is 23.7 Å². The number of hydrogen-bond donors (Lipinski definition) is 3. The molecule has 2 amide bonds. The van der Waals surface area contributed by atoms with Crippen LogP contribution in [0.1, 0.15) is 42.7 Å². The third kappa shape index (κ3) is 6.25. The average Bonchev–Trinajstić information content (AvgIpc) is 2.72. The highest BCUT2D eigenvalue weighted by Crippen LogP contribution is 2.15. The van der Waals surface area contributed by atoms with Gasteiger partial charge in [0.05, 0.1) is 0 Å². The summed E-state index contributed by atoms with van der Waals surface area (Å²) in [7, 11) is 0. The molecule has 1 atom stereocenters. The Morgan fingerprint density at radius 3 is 2.18 bits per heavy atom. The number of hydrazine groups is 1. The molecule has 0 radical (unpaired) electrons. The van der Waals surface area contributed by atoms with Crippen LogP contribution in [-0.2, 0) is 4.79 Å². The molecule has 0 fully saturated rings. The number of anilines is 1. The Hall–Kier alpha value is -2.57. The van der Waals surface area contributed by atoms with Gasteiger partial charge in [-0.2, -0.15) is 0 Å². The van der Waals surface area contributed by atoms with E-state index in [9.17, 15) is 9.59 Å². The zero-order valence-electron chi connectivity index (χ0n) is 16.5. The molecule has 0 bridgehead atoms. The Labute approximate surface area is 171 Å². The van der Waals surface area contributed by atoms with E-state index in [1.807, 2.05) is 48.6 Å². The quantitative estimate of drug-likeness (QED) is 0.592. The van der Waals surface area contributed by atoms with Crippen LogP contribution in [0.5, 0.6) is 0 Å². The summed E-state index contributed by atoms with van der Waals surface area (Å²) in [6.45, 7) is 8.19. The molecule has 2 rings (SSSR count). The van der Waals surface area contributed by atoms with Gasteiger partial charge in [-0.05, 0) is 57.2 Å². The van der Waals surface area contributed by atoms with E-state index in [0.717, 1.165) is 24.3 Å². The lowest BCUT2D eigenvalue weighted by molar-refractivity contribution is -0.682. The van der Waals surface area contributed by atoms with Crippen LogP contribution in [0.15, 0.2) is 48.5 Å². The van der Waals surface area contributed by atoms with Gasteiger partial charge in [0.1, 0.15) is 6.04 Å². The van der Waals surface area contributed by atoms with Crippen LogP contribution in [0.4, 0.5) is 5.69 Å².